The number of benzene rings is 1. The van der Waals surface area contributed by atoms with Crippen molar-refractivity contribution in [2.24, 2.45) is 0 Å². The van der Waals surface area contributed by atoms with Gasteiger partial charge in [-0.05, 0) is 18.2 Å². The smallest absolute Gasteiger partial charge is 0.330 e. The van der Waals surface area contributed by atoms with E-state index in [0.717, 1.165) is 5.69 Å². The van der Waals surface area contributed by atoms with E-state index in [9.17, 15) is 4.79 Å². The number of anilines is 1. The molecule has 0 aliphatic carbocycles. The number of morpholine rings is 1. The molecular formula is C13H14N2O3. The molecule has 0 amide bonds. The van der Waals surface area contributed by atoms with E-state index in [-0.39, 0.29) is 5.97 Å². The van der Waals surface area contributed by atoms with Gasteiger partial charge in [-0.25, -0.2) is 4.79 Å². The molecule has 1 saturated heterocycles. The lowest BCUT2D eigenvalue weighted by Gasteiger charge is -2.35. The molecule has 1 aliphatic rings. The minimum Gasteiger partial charge on any atom is -0.467 e. The molecule has 18 heavy (non-hydrogen) atoms. The molecule has 0 radical (unpaired) electrons. The number of esters is 1. The van der Waals surface area contributed by atoms with Crippen molar-refractivity contribution in [3.63, 3.8) is 0 Å². The maximum atomic E-state index is 11.7. The van der Waals surface area contributed by atoms with Crippen LogP contribution in [-0.4, -0.2) is 38.9 Å². The summed E-state index contributed by atoms with van der Waals surface area (Å²) in [4.78, 5) is 13.6. The molecule has 1 unspecified atom stereocenters. The zero-order valence-electron chi connectivity index (χ0n) is 10.1. The van der Waals surface area contributed by atoms with Crippen molar-refractivity contribution in [1.82, 2.24) is 0 Å². The Morgan fingerprint density at radius 2 is 2.44 bits per heavy atom. The van der Waals surface area contributed by atoms with Crippen LogP contribution in [0.2, 0.25) is 0 Å². The van der Waals surface area contributed by atoms with E-state index in [2.05, 4.69) is 6.07 Å². The van der Waals surface area contributed by atoms with E-state index in [0.29, 0.717) is 25.3 Å². The van der Waals surface area contributed by atoms with E-state index in [1.54, 1.807) is 18.2 Å². The average molecular weight is 246 g/mol. The zero-order chi connectivity index (χ0) is 13.0. The summed E-state index contributed by atoms with van der Waals surface area (Å²) < 4.78 is 10.1. The van der Waals surface area contributed by atoms with Crippen molar-refractivity contribution in [2.45, 2.75) is 6.04 Å². The van der Waals surface area contributed by atoms with Gasteiger partial charge in [0.15, 0.2) is 6.04 Å². The lowest BCUT2D eigenvalue weighted by atomic mass is 10.1. The number of carbonyl (C=O) groups excluding carboxylic acids is 1. The first-order valence-electron chi connectivity index (χ1n) is 5.68. The highest BCUT2D eigenvalue weighted by Gasteiger charge is 2.30. The van der Waals surface area contributed by atoms with Gasteiger partial charge in [0.05, 0.1) is 32.0 Å². The van der Waals surface area contributed by atoms with Crippen LogP contribution in [0, 0.1) is 11.3 Å². The number of methoxy groups -OCH3 is 1. The number of hydrogen-bond donors (Lipinski definition) is 0. The number of carbonyl (C=O) groups is 1. The Labute approximate surface area is 106 Å². The minimum atomic E-state index is -0.447. The first kappa shape index (κ1) is 12.4. The predicted molar refractivity (Wildman–Crippen MR) is 65.1 cm³/mol. The Hall–Kier alpha value is -2.06. The standard InChI is InChI=1S/C13H14N2O3/c1-17-13(16)12-9-18-6-5-15(12)11-4-2-3-10(7-11)8-14/h2-4,7,12H,5-6,9H2,1H3. The van der Waals surface area contributed by atoms with Gasteiger partial charge < -0.3 is 14.4 Å². The lowest BCUT2D eigenvalue weighted by molar-refractivity contribution is -0.144. The molecule has 0 aromatic heterocycles. The molecule has 1 aliphatic heterocycles. The molecule has 5 nitrogen and oxygen atoms in total. The molecule has 5 heteroatoms. The average Bonchev–Trinajstić information content (AvgIpc) is 2.46. The van der Waals surface area contributed by atoms with E-state index >= 15 is 0 Å². The Balaban J connectivity index is 2.28. The maximum absolute atomic E-state index is 11.7. The first-order valence-corrected chi connectivity index (χ1v) is 5.68. The second kappa shape index (κ2) is 5.52. The second-order valence-corrected chi connectivity index (χ2v) is 3.97. The van der Waals surface area contributed by atoms with Crippen molar-refractivity contribution >= 4 is 11.7 Å². The lowest BCUT2D eigenvalue weighted by Crippen LogP contribution is -2.50. The van der Waals surface area contributed by atoms with Gasteiger partial charge in [0.1, 0.15) is 0 Å². The molecule has 1 atom stereocenters. The summed E-state index contributed by atoms with van der Waals surface area (Å²) >= 11 is 0. The molecule has 1 aromatic carbocycles. The highest BCUT2D eigenvalue weighted by atomic mass is 16.5. The molecule has 0 N–H and O–H groups in total. The van der Waals surface area contributed by atoms with Gasteiger partial charge in [0.2, 0.25) is 0 Å². The third-order valence-electron chi connectivity index (χ3n) is 2.91. The highest BCUT2D eigenvalue weighted by Crippen LogP contribution is 2.21. The van der Waals surface area contributed by atoms with Gasteiger partial charge in [0.25, 0.3) is 0 Å². The van der Waals surface area contributed by atoms with Crippen molar-refractivity contribution in [2.75, 3.05) is 31.8 Å². The van der Waals surface area contributed by atoms with E-state index in [1.165, 1.54) is 7.11 Å². The fraction of sp³-hybridized carbons (Fsp3) is 0.385. The predicted octanol–water partition coefficient (Wildman–Crippen LogP) is 0.936. The molecule has 1 aromatic rings. The molecule has 2 rings (SSSR count). The van der Waals surface area contributed by atoms with Gasteiger partial charge in [-0.15, -0.1) is 0 Å². The minimum absolute atomic E-state index is 0.309. The van der Waals surface area contributed by atoms with Crippen molar-refractivity contribution in [1.29, 1.82) is 5.26 Å². The number of nitriles is 1. The van der Waals surface area contributed by atoms with Crippen LogP contribution in [0.3, 0.4) is 0 Å². The number of nitrogens with zero attached hydrogens (tertiary/aromatic N) is 2. The SMILES string of the molecule is COC(=O)C1COCCN1c1cccc(C#N)c1. The molecule has 0 spiro atoms. The van der Waals surface area contributed by atoms with Crippen LogP contribution in [0.4, 0.5) is 5.69 Å². The summed E-state index contributed by atoms with van der Waals surface area (Å²) in [6, 6.07) is 8.82. The van der Waals surface area contributed by atoms with Crippen LogP contribution in [0.25, 0.3) is 0 Å². The van der Waals surface area contributed by atoms with E-state index < -0.39 is 6.04 Å². The van der Waals surface area contributed by atoms with Crippen LogP contribution in [0.5, 0.6) is 0 Å². The second-order valence-electron chi connectivity index (χ2n) is 3.97. The summed E-state index contributed by atoms with van der Waals surface area (Å²) in [7, 11) is 1.36. The summed E-state index contributed by atoms with van der Waals surface area (Å²) in [6.07, 6.45) is 0. The van der Waals surface area contributed by atoms with Gasteiger partial charge in [-0.2, -0.15) is 5.26 Å². The van der Waals surface area contributed by atoms with Gasteiger partial charge in [-0.3, -0.25) is 0 Å². The quantitative estimate of drug-likeness (QED) is 0.727. The Morgan fingerprint density at radius 3 is 3.17 bits per heavy atom. The highest BCUT2D eigenvalue weighted by molar-refractivity contribution is 5.80. The summed E-state index contributed by atoms with van der Waals surface area (Å²) in [5.41, 5.74) is 1.41. The molecule has 94 valence electrons. The maximum Gasteiger partial charge on any atom is 0.330 e. The third-order valence-corrected chi connectivity index (χ3v) is 2.91. The summed E-state index contributed by atoms with van der Waals surface area (Å²) in [6.45, 7) is 1.47. The number of rotatable bonds is 2. The van der Waals surface area contributed by atoms with Crippen LogP contribution in [-0.2, 0) is 14.3 Å². The Morgan fingerprint density at radius 1 is 1.61 bits per heavy atom. The van der Waals surface area contributed by atoms with Crippen molar-refractivity contribution in [3.8, 4) is 6.07 Å². The third kappa shape index (κ3) is 2.44. The van der Waals surface area contributed by atoms with Gasteiger partial charge >= 0.3 is 5.97 Å². The zero-order valence-corrected chi connectivity index (χ0v) is 10.1. The summed E-state index contributed by atoms with van der Waals surface area (Å²) in [5.74, 6) is -0.322. The van der Waals surface area contributed by atoms with Crippen molar-refractivity contribution < 1.29 is 14.3 Å². The fourth-order valence-corrected chi connectivity index (χ4v) is 2.00. The Kier molecular flexibility index (Phi) is 3.80. The molecule has 0 saturated carbocycles. The van der Waals surface area contributed by atoms with Crippen LogP contribution in [0.15, 0.2) is 24.3 Å². The first-order chi connectivity index (χ1) is 8.76. The molecular weight excluding hydrogens is 232 g/mol. The topological polar surface area (TPSA) is 62.6 Å². The normalized spacial score (nSPS) is 19.1. The van der Waals surface area contributed by atoms with E-state index in [4.69, 9.17) is 14.7 Å². The number of ether oxygens (including phenoxy) is 2. The van der Waals surface area contributed by atoms with Gasteiger partial charge in [-0.1, -0.05) is 6.07 Å². The summed E-state index contributed by atoms with van der Waals surface area (Å²) in [5, 5.41) is 8.90. The van der Waals surface area contributed by atoms with Crippen LogP contribution < -0.4 is 4.90 Å². The van der Waals surface area contributed by atoms with Crippen molar-refractivity contribution in [3.05, 3.63) is 29.8 Å². The number of hydrogen-bond acceptors (Lipinski definition) is 5. The largest absolute Gasteiger partial charge is 0.467 e. The van der Waals surface area contributed by atoms with Crippen LogP contribution in [0.1, 0.15) is 5.56 Å². The molecule has 0 bridgehead atoms. The molecule has 1 heterocycles. The van der Waals surface area contributed by atoms with Gasteiger partial charge in [0, 0.05) is 12.2 Å². The fourth-order valence-electron chi connectivity index (χ4n) is 2.00. The van der Waals surface area contributed by atoms with E-state index in [1.807, 2.05) is 11.0 Å². The Bertz CT molecular complexity index is 481. The van der Waals surface area contributed by atoms with Crippen LogP contribution >= 0.6 is 0 Å². The monoisotopic (exact) mass is 246 g/mol. The molecule has 1 fully saturated rings.